The van der Waals surface area contributed by atoms with Crippen LogP contribution in [0.3, 0.4) is 0 Å². The van der Waals surface area contributed by atoms with Gasteiger partial charge < -0.3 is 5.73 Å². The maximum absolute atomic E-state index is 6.67. The molecule has 2 aromatic rings. The van der Waals surface area contributed by atoms with Gasteiger partial charge in [-0.2, -0.15) is 0 Å². The first-order chi connectivity index (χ1) is 10.0. The molecule has 21 heavy (non-hydrogen) atoms. The van der Waals surface area contributed by atoms with Gasteiger partial charge in [0, 0.05) is 5.38 Å². The molecule has 0 aromatic carbocycles. The molecule has 2 aromatic heterocycles. The van der Waals surface area contributed by atoms with E-state index >= 15 is 0 Å². The Bertz CT molecular complexity index is 621. The van der Waals surface area contributed by atoms with Gasteiger partial charge in [-0.25, -0.2) is 9.97 Å². The van der Waals surface area contributed by atoms with Gasteiger partial charge in [0.15, 0.2) is 0 Å². The van der Waals surface area contributed by atoms with Crippen LogP contribution in [0.25, 0.3) is 10.6 Å². The summed E-state index contributed by atoms with van der Waals surface area (Å²) in [4.78, 5) is 10.6. The highest BCUT2D eigenvalue weighted by Crippen LogP contribution is 2.41. The lowest BCUT2D eigenvalue weighted by Crippen LogP contribution is -2.40. The third kappa shape index (κ3) is 2.91. The third-order valence-corrected chi connectivity index (χ3v) is 6.80. The summed E-state index contributed by atoms with van der Waals surface area (Å²) in [5, 5.41) is 4.36. The molecule has 3 rings (SSSR count). The Kier molecular flexibility index (Phi) is 4.17. The predicted octanol–water partition coefficient (Wildman–Crippen LogP) is 4.64. The molecule has 0 amide bonds. The van der Waals surface area contributed by atoms with Gasteiger partial charge in [0.05, 0.1) is 26.8 Å². The van der Waals surface area contributed by atoms with Crippen molar-refractivity contribution in [2.45, 2.75) is 58.4 Å². The second-order valence-electron chi connectivity index (χ2n) is 6.19. The molecule has 0 atom stereocenters. The zero-order valence-electron chi connectivity index (χ0n) is 13.0. The fourth-order valence-electron chi connectivity index (χ4n) is 3.19. The summed E-state index contributed by atoms with van der Waals surface area (Å²) in [7, 11) is 0. The Morgan fingerprint density at radius 1 is 1.29 bits per heavy atom. The van der Waals surface area contributed by atoms with E-state index in [0.717, 1.165) is 40.2 Å². The van der Waals surface area contributed by atoms with Crippen molar-refractivity contribution < 1.29 is 0 Å². The van der Waals surface area contributed by atoms with E-state index in [1.807, 2.05) is 6.92 Å². The van der Waals surface area contributed by atoms with Crippen molar-refractivity contribution in [2.24, 2.45) is 11.7 Å². The molecular formula is C16H23N3S2. The van der Waals surface area contributed by atoms with Crippen molar-refractivity contribution in [2.75, 3.05) is 0 Å². The van der Waals surface area contributed by atoms with Crippen molar-refractivity contribution in [1.82, 2.24) is 9.97 Å². The summed E-state index contributed by atoms with van der Waals surface area (Å²) < 4.78 is 0. The van der Waals surface area contributed by atoms with E-state index in [1.54, 1.807) is 22.7 Å². The number of aromatic nitrogens is 2. The van der Waals surface area contributed by atoms with Crippen LogP contribution in [0, 0.1) is 19.8 Å². The van der Waals surface area contributed by atoms with Crippen molar-refractivity contribution in [1.29, 1.82) is 0 Å². The van der Waals surface area contributed by atoms with Gasteiger partial charge in [-0.1, -0.05) is 13.3 Å². The van der Waals surface area contributed by atoms with Crippen LogP contribution in [-0.4, -0.2) is 9.97 Å². The number of nitrogens with zero attached hydrogens (tertiary/aromatic N) is 2. The van der Waals surface area contributed by atoms with Crippen LogP contribution in [0.15, 0.2) is 5.38 Å². The van der Waals surface area contributed by atoms with Gasteiger partial charge in [0.25, 0.3) is 0 Å². The highest BCUT2D eigenvalue weighted by atomic mass is 32.1. The molecule has 0 bridgehead atoms. The van der Waals surface area contributed by atoms with Crippen molar-refractivity contribution in [3.8, 4) is 10.6 Å². The Balaban J connectivity index is 1.83. The van der Waals surface area contributed by atoms with Gasteiger partial charge in [-0.05, 0) is 45.4 Å². The Labute approximate surface area is 134 Å². The van der Waals surface area contributed by atoms with E-state index in [2.05, 4.69) is 24.2 Å². The maximum atomic E-state index is 6.67. The van der Waals surface area contributed by atoms with Crippen LogP contribution in [-0.2, 0) is 5.54 Å². The third-order valence-electron chi connectivity index (χ3n) is 4.64. The summed E-state index contributed by atoms with van der Waals surface area (Å²) in [5.74, 6) is 0.854. The molecule has 1 fully saturated rings. The zero-order valence-corrected chi connectivity index (χ0v) is 14.6. The first kappa shape index (κ1) is 15.1. The highest BCUT2D eigenvalue weighted by Gasteiger charge is 2.35. The minimum Gasteiger partial charge on any atom is -0.319 e. The van der Waals surface area contributed by atoms with Gasteiger partial charge in [0.2, 0.25) is 0 Å². The van der Waals surface area contributed by atoms with E-state index in [0.29, 0.717) is 0 Å². The first-order valence-electron chi connectivity index (χ1n) is 7.71. The summed E-state index contributed by atoms with van der Waals surface area (Å²) in [6.07, 6.45) is 5.89. The van der Waals surface area contributed by atoms with Gasteiger partial charge >= 0.3 is 0 Å². The van der Waals surface area contributed by atoms with Crippen LogP contribution >= 0.6 is 22.7 Å². The van der Waals surface area contributed by atoms with Crippen molar-refractivity contribution >= 4 is 22.7 Å². The Morgan fingerprint density at radius 3 is 2.57 bits per heavy atom. The number of aryl methyl sites for hydroxylation is 2. The quantitative estimate of drug-likeness (QED) is 0.896. The number of hydrogen-bond acceptors (Lipinski definition) is 5. The Hall–Kier alpha value is -0.780. The van der Waals surface area contributed by atoms with Crippen molar-refractivity contribution in [3.05, 3.63) is 21.1 Å². The lowest BCUT2D eigenvalue weighted by atomic mass is 9.76. The van der Waals surface area contributed by atoms with Crippen LogP contribution in [0.1, 0.15) is 54.7 Å². The summed E-state index contributed by atoms with van der Waals surface area (Å²) in [6.45, 7) is 6.39. The van der Waals surface area contributed by atoms with Crippen LogP contribution < -0.4 is 5.73 Å². The van der Waals surface area contributed by atoms with Gasteiger partial charge in [0.1, 0.15) is 5.01 Å². The fraction of sp³-hybridized carbons (Fsp3) is 0.625. The monoisotopic (exact) mass is 321 g/mol. The molecule has 0 saturated heterocycles. The van der Waals surface area contributed by atoms with E-state index in [4.69, 9.17) is 10.7 Å². The lowest BCUT2D eigenvalue weighted by molar-refractivity contribution is 0.231. The number of rotatable bonds is 3. The molecule has 5 heteroatoms. The SMILES string of the molecule is CCC1CCC(N)(c2nc(-c3sc(C)nc3C)cs2)CC1. The van der Waals surface area contributed by atoms with Gasteiger partial charge in [-0.15, -0.1) is 22.7 Å². The molecule has 1 aliphatic rings. The predicted molar refractivity (Wildman–Crippen MR) is 90.8 cm³/mol. The van der Waals surface area contributed by atoms with Crippen LogP contribution in [0.4, 0.5) is 0 Å². The molecule has 2 heterocycles. The maximum Gasteiger partial charge on any atom is 0.113 e. The molecule has 0 radical (unpaired) electrons. The van der Waals surface area contributed by atoms with Crippen LogP contribution in [0.2, 0.25) is 0 Å². The second kappa shape index (κ2) is 5.78. The normalized spacial score (nSPS) is 26.2. The van der Waals surface area contributed by atoms with Gasteiger partial charge in [-0.3, -0.25) is 0 Å². The average molecular weight is 322 g/mol. The van der Waals surface area contributed by atoms with E-state index < -0.39 is 0 Å². The minimum absolute atomic E-state index is 0.206. The number of hydrogen-bond donors (Lipinski definition) is 1. The molecule has 0 spiro atoms. The molecule has 1 aliphatic carbocycles. The highest BCUT2D eigenvalue weighted by molar-refractivity contribution is 7.16. The standard InChI is InChI=1S/C16H23N3S2/c1-4-12-5-7-16(17,8-6-12)15-19-13(9-20-15)14-10(2)18-11(3)21-14/h9,12H,4-8,17H2,1-3H3. The summed E-state index contributed by atoms with van der Waals surface area (Å²) >= 11 is 3.44. The molecule has 1 saturated carbocycles. The topological polar surface area (TPSA) is 51.8 Å². The van der Waals surface area contributed by atoms with Crippen LogP contribution in [0.5, 0.6) is 0 Å². The lowest BCUT2D eigenvalue weighted by Gasteiger charge is -2.35. The van der Waals surface area contributed by atoms with E-state index in [-0.39, 0.29) is 5.54 Å². The van der Waals surface area contributed by atoms with E-state index in [9.17, 15) is 0 Å². The second-order valence-corrected chi connectivity index (χ2v) is 8.25. The number of thiazole rings is 2. The largest absolute Gasteiger partial charge is 0.319 e. The first-order valence-corrected chi connectivity index (χ1v) is 9.40. The zero-order chi connectivity index (χ0) is 15.0. The molecular weight excluding hydrogens is 298 g/mol. The molecule has 2 N–H and O–H groups in total. The Morgan fingerprint density at radius 2 is 2.00 bits per heavy atom. The molecule has 114 valence electrons. The fourth-order valence-corrected chi connectivity index (χ4v) is 5.13. The smallest absolute Gasteiger partial charge is 0.113 e. The molecule has 0 aliphatic heterocycles. The van der Waals surface area contributed by atoms with E-state index in [1.165, 1.54) is 24.1 Å². The number of nitrogens with two attached hydrogens (primary N) is 1. The summed E-state index contributed by atoms with van der Waals surface area (Å²) in [6, 6.07) is 0. The molecule has 0 unspecified atom stereocenters. The summed E-state index contributed by atoms with van der Waals surface area (Å²) in [5.41, 5.74) is 8.60. The molecule has 3 nitrogen and oxygen atoms in total. The van der Waals surface area contributed by atoms with Crippen molar-refractivity contribution in [3.63, 3.8) is 0 Å². The minimum atomic E-state index is -0.206. The average Bonchev–Trinajstić information content (AvgIpc) is 3.06.